The van der Waals surface area contributed by atoms with Gasteiger partial charge in [-0.1, -0.05) is 0 Å². The van der Waals surface area contributed by atoms with E-state index in [1.165, 1.54) is 12.4 Å². The van der Waals surface area contributed by atoms with Gasteiger partial charge in [-0.25, -0.2) is 0 Å². The number of nitrogens with one attached hydrogen (secondary N) is 2. The molecule has 1 fully saturated rings. The third-order valence-corrected chi connectivity index (χ3v) is 2.21. The molecule has 1 amide bonds. The number of aromatic amines is 1. The Morgan fingerprint density at radius 1 is 1.57 bits per heavy atom. The monoisotopic (exact) mass is 195 g/mol. The Morgan fingerprint density at radius 3 is 2.86 bits per heavy atom. The van der Waals surface area contributed by atoms with Crippen molar-refractivity contribution in [3.05, 3.63) is 12.4 Å². The first kappa shape index (κ1) is 8.74. The molecule has 0 bridgehead atoms. The molecule has 1 saturated carbocycles. The van der Waals surface area contributed by atoms with Gasteiger partial charge in [-0.2, -0.15) is 5.10 Å². The zero-order chi connectivity index (χ0) is 10.1. The average Bonchev–Trinajstić information content (AvgIpc) is 2.80. The summed E-state index contributed by atoms with van der Waals surface area (Å²) in [6, 6.07) is 0. The van der Waals surface area contributed by atoms with Crippen molar-refractivity contribution in [1.82, 2.24) is 10.2 Å². The fourth-order valence-corrected chi connectivity index (χ4v) is 1.31. The number of carboxylic acid groups (broad SMARTS) is 1. The number of aromatic nitrogens is 2. The quantitative estimate of drug-likeness (QED) is 0.636. The molecule has 1 aromatic heterocycles. The van der Waals surface area contributed by atoms with Crippen LogP contribution in [0.25, 0.3) is 0 Å². The average molecular weight is 195 g/mol. The van der Waals surface area contributed by atoms with Crippen molar-refractivity contribution in [3.8, 4) is 0 Å². The highest BCUT2D eigenvalue weighted by Crippen LogP contribution is 2.39. The summed E-state index contributed by atoms with van der Waals surface area (Å²) >= 11 is 0. The number of hydrogen-bond acceptors (Lipinski definition) is 3. The van der Waals surface area contributed by atoms with Crippen molar-refractivity contribution in [2.45, 2.75) is 6.42 Å². The van der Waals surface area contributed by atoms with E-state index in [-0.39, 0.29) is 11.8 Å². The van der Waals surface area contributed by atoms with Crippen molar-refractivity contribution >= 4 is 17.6 Å². The van der Waals surface area contributed by atoms with Crippen LogP contribution in [0.1, 0.15) is 6.42 Å². The van der Waals surface area contributed by atoms with Gasteiger partial charge in [0.25, 0.3) is 0 Å². The van der Waals surface area contributed by atoms with E-state index in [2.05, 4.69) is 15.5 Å². The summed E-state index contributed by atoms with van der Waals surface area (Å²) in [5.74, 6) is -2.06. The van der Waals surface area contributed by atoms with Gasteiger partial charge in [-0.3, -0.25) is 14.7 Å². The molecule has 0 aliphatic heterocycles. The Labute approximate surface area is 79.3 Å². The van der Waals surface area contributed by atoms with Gasteiger partial charge in [0.15, 0.2) is 0 Å². The molecule has 3 N–H and O–H groups in total. The van der Waals surface area contributed by atoms with Crippen LogP contribution in [0.15, 0.2) is 12.4 Å². The molecule has 2 rings (SSSR count). The summed E-state index contributed by atoms with van der Waals surface area (Å²) in [7, 11) is 0. The van der Waals surface area contributed by atoms with Gasteiger partial charge < -0.3 is 10.4 Å². The number of carboxylic acids is 1. The zero-order valence-corrected chi connectivity index (χ0v) is 7.23. The zero-order valence-electron chi connectivity index (χ0n) is 7.23. The maximum Gasteiger partial charge on any atom is 0.307 e. The minimum atomic E-state index is -0.905. The number of anilines is 1. The van der Waals surface area contributed by atoms with Gasteiger partial charge >= 0.3 is 5.97 Å². The third-order valence-electron chi connectivity index (χ3n) is 2.21. The summed E-state index contributed by atoms with van der Waals surface area (Å²) in [4.78, 5) is 21.9. The van der Waals surface area contributed by atoms with Crippen molar-refractivity contribution in [2.75, 3.05) is 5.32 Å². The van der Waals surface area contributed by atoms with Crippen molar-refractivity contribution in [3.63, 3.8) is 0 Å². The van der Waals surface area contributed by atoms with E-state index >= 15 is 0 Å². The summed E-state index contributed by atoms with van der Waals surface area (Å²) in [6.07, 6.45) is 3.44. The predicted octanol–water partition coefficient (Wildman–Crippen LogP) is 0.0689. The highest BCUT2D eigenvalue weighted by molar-refractivity contribution is 5.97. The second-order valence-corrected chi connectivity index (χ2v) is 3.26. The van der Waals surface area contributed by atoms with Gasteiger partial charge in [0.1, 0.15) is 0 Å². The Kier molecular flexibility index (Phi) is 1.95. The SMILES string of the molecule is O=C(O)C1CC1C(=O)Nc1cn[nH]c1. The van der Waals surface area contributed by atoms with E-state index in [4.69, 9.17) is 5.11 Å². The van der Waals surface area contributed by atoms with Gasteiger partial charge in [0, 0.05) is 6.20 Å². The van der Waals surface area contributed by atoms with Gasteiger partial charge in [-0.15, -0.1) is 0 Å². The number of hydrogen-bond donors (Lipinski definition) is 3. The molecule has 1 aliphatic carbocycles. The molecule has 0 spiro atoms. The van der Waals surface area contributed by atoms with Crippen LogP contribution in [0.3, 0.4) is 0 Å². The molecule has 6 nitrogen and oxygen atoms in total. The molecule has 1 aromatic rings. The minimum Gasteiger partial charge on any atom is -0.481 e. The van der Waals surface area contributed by atoms with E-state index in [1.54, 1.807) is 0 Å². The highest BCUT2D eigenvalue weighted by atomic mass is 16.4. The molecule has 1 aliphatic rings. The Morgan fingerprint density at radius 2 is 2.36 bits per heavy atom. The third kappa shape index (κ3) is 1.59. The van der Waals surface area contributed by atoms with E-state index in [9.17, 15) is 9.59 Å². The maximum atomic E-state index is 11.4. The number of carbonyl (C=O) groups excluding carboxylic acids is 1. The molecule has 2 unspecified atom stereocenters. The second kappa shape index (κ2) is 3.13. The van der Waals surface area contributed by atoms with E-state index < -0.39 is 11.9 Å². The lowest BCUT2D eigenvalue weighted by Gasteiger charge is -1.98. The number of amides is 1. The molecule has 0 saturated heterocycles. The van der Waals surface area contributed by atoms with Crippen LogP contribution in [-0.4, -0.2) is 27.2 Å². The summed E-state index contributed by atoms with van der Waals surface area (Å²) in [5, 5.41) is 17.4. The molecular weight excluding hydrogens is 186 g/mol. The Balaban J connectivity index is 1.90. The highest BCUT2D eigenvalue weighted by Gasteiger charge is 2.48. The van der Waals surface area contributed by atoms with E-state index in [0.29, 0.717) is 12.1 Å². The summed E-state index contributed by atoms with van der Waals surface area (Å²) < 4.78 is 0. The smallest absolute Gasteiger partial charge is 0.307 e. The van der Waals surface area contributed by atoms with E-state index in [0.717, 1.165) is 0 Å². The normalized spacial score (nSPS) is 24.3. The first-order chi connectivity index (χ1) is 6.68. The van der Waals surface area contributed by atoms with Crippen molar-refractivity contribution < 1.29 is 14.7 Å². The predicted molar refractivity (Wildman–Crippen MR) is 46.5 cm³/mol. The summed E-state index contributed by atoms with van der Waals surface area (Å²) in [6.45, 7) is 0. The van der Waals surface area contributed by atoms with Crippen LogP contribution in [0.4, 0.5) is 5.69 Å². The maximum absolute atomic E-state index is 11.4. The van der Waals surface area contributed by atoms with Gasteiger partial charge in [0.05, 0.1) is 23.7 Å². The largest absolute Gasteiger partial charge is 0.481 e. The van der Waals surface area contributed by atoms with Crippen molar-refractivity contribution in [2.24, 2.45) is 11.8 Å². The summed E-state index contributed by atoms with van der Waals surface area (Å²) in [5.41, 5.74) is 0.561. The molecule has 0 aromatic carbocycles. The molecular formula is C8H9N3O3. The molecule has 1 heterocycles. The van der Waals surface area contributed by atoms with Crippen LogP contribution in [-0.2, 0) is 9.59 Å². The lowest BCUT2D eigenvalue weighted by molar-refractivity contribution is -0.139. The van der Waals surface area contributed by atoms with Gasteiger partial charge in [0.2, 0.25) is 5.91 Å². The first-order valence-electron chi connectivity index (χ1n) is 4.21. The molecule has 74 valence electrons. The van der Waals surface area contributed by atoms with Gasteiger partial charge in [-0.05, 0) is 6.42 Å². The second-order valence-electron chi connectivity index (χ2n) is 3.26. The van der Waals surface area contributed by atoms with Crippen LogP contribution in [0.5, 0.6) is 0 Å². The standard InChI is InChI=1S/C8H9N3O3/c12-7(5-1-6(5)8(13)14)11-4-2-9-10-3-4/h2-3,5-6H,1H2,(H,9,10)(H,11,12)(H,13,14). The topological polar surface area (TPSA) is 95.1 Å². The molecule has 14 heavy (non-hydrogen) atoms. The van der Waals surface area contributed by atoms with E-state index in [1.807, 2.05) is 0 Å². The fraction of sp³-hybridized carbons (Fsp3) is 0.375. The lowest BCUT2D eigenvalue weighted by atomic mass is 10.3. The minimum absolute atomic E-state index is 0.251. The van der Waals surface area contributed by atoms with Crippen LogP contribution < -0.4 is 5.32 Å². The fourth-order valence-electron chi connectivity index (χ4n) is 1.31. The van der Waals surface area contributed by atoms with Crippen LogP contribution >= 0.6 is 0 Å². The number of aliphatic carboxylic acids is 1. The van der Waals surface area contributed by atoms with Crippen molar-refractivity contribution in [1.29, 1.82) is 0 Å². The Hall–Kier alpha value is -1.85. The number of nitrogens with zero attached hydrogens (tertiary/aromatic N) is 1. The van der Waals surface area contributed by atoms with Crippen LogP contribution in [0, 0.1) is 11.8 Å². The Bertz CT molecular complexity index is 360. The first-order valence-corrected chi connectivity index (χ1v) is 4.21. The van der Waals surface area contributed by atoms with Crippen LogP contribution in [0.2, 0.25) is 0 Å². The molecule has 0 radical (unpaired) electrons. The number of carbonyl (C=O) groups is 2. The number of rotatable bonds is 3. The molecule has 2 atom stereocenters. The lowest BCUT2D eigenvalue weighted by Crippen LogP contribution is -2.16. The molecule has 6 heteroatoms. The number of H-pyrrole nitrogens is 1.